The fraction of sp³-hybridized carbons (Fsp3) is 0.333. The number of phenols is 1. The zero-order valence-corrected chi connectivity index (χ0v) is 13.3. The summed E-state index contributed by atoms with van der Waals surface area (Å²) < 4.78 is 4.01. The number of phenolic OH excluding ortho intramolecular Hbond substituents is 1. The maximum Gasteiger partial charge on any atom is 0.170 e. The number of carbonyl (C=O) groups excluding carboxylic acids is 1. The predicted octanol–water partition coefficient (Wildman–Crippen LogP) is 2.83. The number of ketones is 1. The molecule has 1 N–H and O–H groups in total. The quantitative estimate of drug-likeness (QED) is 0.792. The van der Waals surface area contributed by atoms with Gasteiger partial charge >= 0.3 is 0 Å². The second-order valence-corrected chi connectivity index (χ2v) is 6.28. The monoisotopic (exact) mass is 309 g/mol. The van der Waals surface area contributed by atoms with Gasteiger partial charge in [-0.3, -0.25) is 4.79 Å². The summed E-state index contributed by atoms with van der Waals surface area (Å²) in [6.45, 7) is 2.62. The van der Waals surface area contributed by atoms with Crippen molar-refractivity contribution in [3.8, 4) is 5.75 Å². The molecule has 0 bridgehead atoms. The summed E-state index contributed by atoms with van der Waals surface area (Å²) in [7, 11) is 1.93. The number of fused-ring (bicyclic) bond motifs is 3. The molecule has 23 heavy (non-hydrogen) atoms. The van der Waals surface area contributed by atoms with Gasteiger partial charge in [-0.15, -0.1) is 0 Å². The lowest BCUT2D eigenvalue weighted by Crippen LogP contribution is -2.27. The highest BCUT2D eigenvalue weighted by Gasteiger charge is 2.32. The van der Waals surface area contributed by atoms with Crippen LogP contribution in [0.1, 0.15) is 28.3 Å². The maximum absolute atomic E-state index is 13.1. The zero-order valence-electron chi connectivity index (χ0n) is 13.3. The van der Waals surface area contributed by atoms with Gasteiger partial charge < -0.3 is 14.2 Å². The van der Waals surface area contributed by atoms with Crippen LogP contribution in [0.3, 0.4) is 0 Å². The molecule has 5 heteroatoms. The molecule has 1 aromatic carbocycles. The van der Waals surface area contributed by atoms with Gasteiger partial charge in [0.15, 0.2) is 5.78 Å². The minimum atomic E-state index is -0.0386. The molecule has 1 aliphatic rings. The number of para-hydroxylation sites is 1. The number of nitrogens with zero attached hydrogens (tertiary/aromatic N) is 3. The van der Waals surface area contributed by atoms with E-state index in [-0.39, 0.29) is 17.5 Å². The van der Waals surface area contributed by atoms with Gasteiger partial charge in [0.25, 0.3) is 0 Å². The molecule has 1 aliphatic carbocycles. The summed E-state index contributed by atoms with van der Waals surface area (Å²) in [5.74, 6) is 1.30. The van der Waals surface area contributed by atoms with Crippen LogP contribution in [0, 0.1) is 12.8 Å². The van der Waals surface area contributed by atoms with E-state index in [0.29, 0.717) is 6.54 Å². The molecule has 0 saturated carbocycles. The minimum absolute atomic E-state index is 0.0386. The van der Waals surface area contributed by atoms with Gasteiger partial charge in [0.1, 0.15) is 11.6 Å². The van der Waals surface area contributed by atoms with Gasteiger partial charge in [-0.05, 0) is 25.8 Å². The lowest BCUT2D eigenvalue weighted by Gasteiger charge is -2.23. The van der Waals surface area contributed by atoms with Crippen LogP contribution in [0.2, 0.25) is 0 Å². The van der Waals surface area contributed by atoms with Crippen LogP contribution in [0.15, 0.2) is 30.6 Å². The Kier molecular flexibility index (Phi) is 3.04. The molecule has 5 nitrogen and oxygen atoms in total. The Labute approximate surface area is 134 Å². The Bertz CT molecular complexity index is 920. The first-order valence-corrected chi connectivity index (χ1v) is 7.89. The lowest BCUT2D eigenvalue weighted by molar-refractivity contribution is 0.0888. The normalized spacial score (nSPS) is 17.7. The van der Waals surface area contributed by atoms with E-state index in [1.54, 1.807) is 18.3 Å². The molecule has 1 atom stereocenters. The molecule has 0 amide bonds. The summed E-state index contributed by atoms with van der Waals surface area (Å²) >= 11 is 0. The summed E-state index contributed by atoms with van der Waals surface area (Å²) in [5.41, 5.74) is 2.57. The van der Waals surface area contributed by atoms with Crippen LogP contribution in [0.5, 0.6) is 5.75 Å². The van der Waals surface area contributed by atoms with Gasteiger partial charge in [0.05, 0.1) is 5.52 Å². The molecule has 0 unspecified atom stereocenters. The van der Waals surface area contributed by atoms with Gasteiger partial charge in [-0.2, -0.15) is 0 Å². The van der Waals surface area contributed by atoms with Crippen molar-refractivity contribution < 1.29 is 9.90 Å². The summed E-state index contributed by atoms with van der Waals surface area (Å²) in [6.07, 6.45) is 5.37. The van der Waals surface area contributed by atoms with E-state index in [1.807, 2.05) is 35.4 Å². The van der Waals surface area contributed by atoms with E-state index < -0.39 is 0 Å². The van der Waals surface area contributed by atoms with E-state index in [4.69, 9.17) is 0 Å². The Morgan fingerprint density at radius 2 is 2.22 bits per heavy atom. The van der Waals surface area contributed by atoms with Crippen molar-refractivity contribution >= 4 is 16.7 Å². The van der Waals surface area contributed by atoms with Crippen molar-refractivity contribution in [1.82, 2.24) is 14.1 Å². The second-order valence-electron chi connectivity index (χ2n) is 6.28. The molecule has 4 rings (SSSR count). The average molecular weight is 309 g/mol. The van der Waals surface area contributed by atoms with E-state index >= 15 is 0 Å². The molecule has 0 aliphatic heterocycles. The number of imidazole rings is 1. The van der Waals surface area contributed by atoms with Crippen LogP contribution < -0.4 is 0 Å². The Morgan fingerprint density at radius 1 is 1.39 bits per heavy atom. The highest BCUT2D eigenvalue weighted by atomic mass is 16.3. The van der Waals surface area contributed by atoms with Gasteiger partial charge in [-0.1, -0.05) is 12.1 Å². The molecule has 0 fully saturated rings. The Morgan fingerprint density at radius 3 is 2.96 bits per heavy atom. The highest BCUT2D eigenvalue weighted by molar-refractivity contribution is 6.12. The molecule has 118 valence electrons. The topological polar surface area (TPSA) is 60.0 Å². The molecule has 3 aromatic rings. The van der Waals surface area contributed by atoms with Crippen molar-refractivity contribution in [2.24, 2.45) is 13.0 Å². The third-order valence-corrected chi connectivity index (χ3v) is 5.00. The maximum atomic E-state index is 13.1. The van der Waals surface area contributed by atoms with Crippen LogP contribution in [0.25, 0.3) is 10.9 Å². The summed E-state index contributed by atoms with van der Waals surface area (Å²) in [6, 6.07) is 5.40. The first kappa shape index (κ1) is 14.1. The summed E-state index contributed by atoms with van der Waals surface area (Å²) in [4.78, 5) is 17.3. The molecule has 2 heterocycles. The first-order valence-electron chi connectivity index (χ1n) is 7.89. The zero-order chi connectivity index (χ0) is 16.1. The lowest BCUT2D eigenvalue weighted by atomic mass is 9.85. The largest absolute Gasteiger partial charge is 0.506 e. The third kappa shape index (κ3) is 2.00. The SMILES string of the molecule is Cc1nccn1C[C@H]1CCc2c(c3cccc(O)c3n2C)C1=O. The Balaban J connectivity index is 1.80. The van der Waals surface area contributed by atoms with Crippen molar-refractivity contribution in [2.45, 2.75) is 26.3 Å². The molecular formula is C18H19N3O2. The fourth-order valence-electron chi connectivity index (χ4n) is 3.77. The molecule has 2 aromatic heterocycles. The number of aromatic hydroxyl groups is 1. The summed E-state index contributed by atoms with van der Waals surface area (Å²) in [5, 5.41) is 11.0. The number of benzene rings is 1. The number of hydrogen-bond acceptors (Lipinski definition) is 3. The predicted molar refractivity (Wildman–Crippen MR) is 87.7 cm³/mol. The van der Waals surface area contributed by atoms with E-state index in [0.717, 1.165) is 40.8 Å². The highest BCUT2D eigenvalue weighted by Crippen LogP contribution is 2.37. The van der Waals surface area contributed by atoms with Gasteiger partial charge in [-0.25, -0.2) is 4.98 Å². The van der Waals surface area contributed by atoms with Crippen LogP contribution in [0.4, 0.5) is 0 Å². The van der Waals surface area contributed by atoms with Crippen LogP contribution >= 0.6 is 0 Å². The van der Waals surface area contributed by atoms with E-state index in [9.17, 15) is 9.90 Å². The second kappa shape index (κ2) is 4.98. The number of aryl methyl sites for hydroxylation is 2. The van der Waals surface area contributed by atoms with Crippen molar-refractivity contribution in [1.29, 1.82) is 0 Å². The number of carbonyl (C=O) groups is 1. The fourth-order valence-corrected chi connectivity index (χ4v) is 3.77. The number of hydrogen-bond donors (Lipinski definition) is 1. The van der Waals surface area contributed by atoms with Crippen molar-refractivity contribution in [3.05, 3.63) is 47.7 Å². The first-order chi connectivity index (χ1) is 11.1. The van der Waals surface area contributed by atoms with Crippen molar-refractivity contribution in [2.75, 3.05) is 0 Å². The number of Topliss-reactive ketones (excluding diaryl/α,β-unsaturated/α-hetero) is 1. The number of aromatic nitrogens is 3. The standard InChI is InChI=1S/C18H19N3O2/c1-11-19-8-9-21(11)10-12-6-7-14-16(18(12)23)13-4-3-5-15(22)17(13)20(14)2/h3-5,8-9,12,22H,6-7,10H2,1-2H3/t12-/m1/s1. The smallest absolute Gasteiger partial charge is 0.170 e. The Hall–Kier alpha value is -2.56. The molecular weight excluding hydrogens is 290 g/mol. The van der Waals surface area contributed by atoms with Crippen LogP contribution in [-0.4, -0.2) is 25.0 Å². The molecule has 0 spiro atoms. The molecule has 0 saturated heterocycles. The number of rotatable bonds is 2. The van der Waals surface area contributed by atoms with Crippen LogP contribution in [-0.2, 0) is 20.0 Å². The van der Waals surface area contributed by atoms with Crippen molar-refractivity contribution in [3.63, 3.8) is 0 Å². The third-order valence-electron chi connectivity index (χ3n) is 5.00. The average Bonchev–Trinajstić information content (AvgIpc) is 3.06. The minimum Gasteiger partial charge on any atom is -0.506 e. The van der Waals surface area contributed by atoms with Gasteiger partial charge in [0, 0.05) is 48.5 Å². The van der Waals surface area contributed by atoms with Gasteiger partial charge in [0.2, 0.25) is 0 Å². The molecule has 0 radical (unpaired) electrons. The van der Waals surface area contributed by atoms with E-state index in [1.165, 1.54) is 0 Å². The van der Waals surface area contributed by atoms with E-state index in [2.05, 4.69) is 4.98 Å².